The summed E-state index contributed by atoms with van der Waals surface area (Å²) in [5.74, 6) is -1.78. The fourth-order valence-electron chi connectivity index (χ4n) is 1.45. The van der Waals surface area contributed by atoms with Crippen LogP contribution in [0.15, 0.2) is 18.2 Å². The van der Waals surface area contributed by atoms with Crippen LogP contribution in [0.3, 0.4) is 0 Å². The molecule has 0 saturated heterocycles. The lowest BCUT2D eigenvalue weighted by Gasteiger charge is -2.12. The lowest BCUT2D eigenvalue weighted by atomic mass is 9.99. The van der Waals surface area contributed by atoms with Crippen molar-refractivity contribution < 1.29 is 24.6 Å². The summed E-state index contributed by atoms with van der Waals surface area (Å²) in [4.78, 5) is 32.6. The first-order valence-corrected chi connectivity index (χ1v) is 5.46. The summed E-state index contributed by atoms with van der Waals surface area (Å²) < 4.78 is 0. The molecule has 0 fully saturated rings. The SMILES string of the molecule is CC(=O)C(Cl)c1cc(C=O)cc(C(O)C(=O)O)c1. The number of aliphatic hydroxyl groups excluding tert-OH is 1. The predicted molar refractivity (Wildman–Crippen MR) is 63.7 cm³/mol. The van der Waals surface area contributed by atoms with Crippen LogP contribution >= 0.6 is 11.6 Å². The second-order valence-corrected chi connectivity index (χ2v) is 4.20. The van der Waals surface area contributed by atoms with Gasteiger partial charge in [-0.05, 0) is 30.2 Å². The second-order valence-electron chi connectivity index (χ2n) is 3.76. The van der Waals surface area contributed by atoms with Gasteiger partial charge in [0, 0.05) is 5.56 Å². The van der Waals surface area contributed by atoms with Crippen molar-refractivity contribution in [1.82, 2.24) is 0 Å². The molecule has 2 atom stereocenters. The number of carbonyl (C=O) groups excluding carboxylic acids is 2. The zero-order valence-corrected chi connectivity index (χ0v) is 10.2. The van der Waals surface area contributed by atoms with Gasteiger partial charge in [-0.15, -0.1) is 11.6 Å². The number of hydrogen-bond acceptors (Lipinski definition) is 4. The van der Waals surface area contributed by atoms with Gasteiger partial charge in [-0.2, -0.15) is 0 Å². The van der Waals surface area contributed by atoms with Gasteiger partial charge in [-0.1, -0.05) is 6.07 Å². The lowest BCUT2D eigenvalue weighted by molar-refractivity contribution is -0.146. The maximum Gasteiger partial charge on any atom is 0.337 e. The number of aliphatic carboxylic acids is 1. The van der Waals surface area contributed by atoms with E-state index in [4.69, 9.17) is 16.7 Å². The number of aldehydes is 1. The maximum atomic E-state index is 11.2. The van der Waals surface area contributed by atoms with E-state index >= 15 is 0 Å². The Balaban J connectivity index is 3.29. The molecule has 0 bridgehead atoms. The first-order valence-electron chi connectivity index (χ1n) is 5.02. The molecule has 1 aromatic rings. The van der Waals surface area contributed by atoms with Crippen LogP contribution in [0, 0.1) is 0 Å². The Labute approximate surface area is 108 Å². The molecule has 0 aliphatic rings. The Morgan fingerprint density at radius 2 is 1.83 bits per heavy atom. The summed E-state index contributed by atoms with van der Waals surface area (Å²) in [6.07, 6.45) is -1.27. The molecule has 0 heterocycles. The standard InChI is InChI=1S/C12H11ClO5/c1-6(15)10(13)8-2-7(5-14)3-9(4-8)11(16)12(17)18/h2-5,10-11,16H,1H3,(H,17,18). The Bertz CT molecular complexity index is 459. The second kappa shape index (κ2) is 5.75. The maximum absolute atomic E-state index is 11.2. The highest BCUT2D eigenvalue weighted by Gasteiger charge is 2.20. The molecular weight excluding hydrogens is 260 g/mol. The van der Waals surface area contributed by atoms with Crippen molar-refractivity contribution in [2.45, 2.75) is 18.4 Å². The number of aliphatic hydroxyl groups is 1. The zero-order chi connectivity index (χ0) is 13.9. The van der Waals surface area contributed by atoms with Gasteiger partial charge in [0.05, 0.1) is 0 Å². The predicted octanol–water partition coefficient (Wildman–Crippen LogP) is 1.49. The van der Waals surface area contributed by atoms with Gasteiger partial charge >= 0.3 is 5.97 Å². The van der Waals surface area contributed by atoms with E-state index in [-0.39, 0.29) is 22.5 Å². The number of Topliss-reactive ketones (excluding diaryl/α,β-unsaturated/α-hetero) is 1. The first-order chi connectivity index (χ1) is 8.36. The minimum Gasteiger partial charge on any atom is -0.479 e. The van der Waals surface area contributed by atoms with Crippen LogP contribution in [0.5, 0.6) is 0 Å². The van der Waals surface area contributed by atoms with Crippen molar-refractivity contribution in [3.8, 4) is 0 Å². The molecule has 0 aromatic heterocycles. The average molecular weight is 271 g/mol. The highest BCUT2D eigenvalue weighted by atomic mass is 35.5. The Kier molecular flexibility index (Phi) is 4.58. The third kappa shape index (κ3) is 3.15. The summed E-state index contributed by atoms with van der Waals surface area (Å²) >= 11 is 5.83. The molecule has 0 spiro atoms. The topological polar surface area (TPSA) is 91.7 Å². The molecule has 1 aromatic carbocycles. The molecule has 2 N–H and O–H groups in total. The molecule has 5 nitrogen and oxygen atoms in total. The van der Waals surface area contributed by atoms with Crippen LogP contribution in [0.25, 0.3) is 0 Å². The molecule has 0 amide bonds. The van der Waals surface area contributed by atoms with Crippen LogP contribution in [0.4, 0.5) is 0 Å². The molecule has 0 aliphatic heterocycles. The van der Waals surface area contributed by atoms with E-state index in [1.165, 1.54) is 25.1 Å². The van der Waals surface area contributed by atoms with Gasteiger partial charge in [-0.3, -0.25) is 9.59 Å². The van der Waals surface area contributed by atoms with Gasteiger partial charge in [0.1, 0.15) is 11.7 Å². The first kappa shape index (κ1) is 14.3. The average Bonchev–Trinajstić information content (AvgIpc) is 2.35. The van der Waals surface area contributed by atoms with Crippen molar-refractivity contribution in [1.29, 1.82) is 0 Å². The van der Waals surface area contributed by atoms with Crippen LogP contribution in [0.1, 0.15) is 39.9 Å². The molecule has 0 radical (unpaired) electrons. The van der Waals surface area contributed by atoms with Gasteiger partial charge in [0.2, 0.25) is 0 Å². The van der Waals surface area contributed by atoms with Crippen LogP contribution in [-0.2, 0) is 9.59 Å². The number of carboxylic acids is 1. The van der Waals surface area contributed by atoms with Gasteiger partial charge in [0.15, 0.2) is 11.9 Å². The summed E-state index contributed by atoms with van der Waals surface area (Å²) in [7, 11) is 0. The number of halogens is 1. The third-order valence-corrected chi connectivity index (χ3v) is 2.89. The summed E-state index contributed by atoms with van der Waals surface area (Å²) in [6, 6.07) is 3.91. The van der Waals surface area contributed by atoms with Crippen molar-refractivity contribution >= 4 is 29.6 Å². The molecule has 6 heteroatoms. The van der Waals surface area contributed by atoms with Crippen LogP contribution in [-0.4, -0.2) is 28.3 Å². The van der Waals surface area contributed by atoms with Crippen molar-refractivity contribution in [3.05, 3.63) is 34.9 Å². The molecule has 2 unspecified atom stereocenters. The zero-order valence-electron chi connectivity index (χ0n) is 9.46. The Morgan fingerprint density at radius 3 is 2.28 bits per heavy atom. The Hall–Kier alpha value is -1.72. The van der Waals surface area contributed by atoms with E-state index < -0.39 is 17.5 Å². The number of carboxylic acid groups (broad SMARTS) is 1. The van der Waals surface area contributed by atoms with Gasteiger partial charge in [0.25, 0.3) is 0 Å². The largest absolute Gasteiger partial charge is 0.479 e. The number of benzene rings is 1. The van der Waals surface area contributed by atoms with Crippen molar-refractivity contribution in [2.75, 3.05) is 0 Å². The molecule has 0 aliphatic carbocycles. The Morgan fingerprint density at radius 1 is 1.28 bits per heavy atom. The van der Waals surface area contributed by atoms with Crippen molar-refractivity contribution in [3.63, 3.8) is 0 Å². The molecule has 18 heavy (non-hydrogen) atoms. The number of hydrogen-bond donors (Lipinski definition) is 2. The van der Waals surface area contributed by atoms with E-state index in [0.29, 0.717) is 6.29 Å². The van der Waals surface area contributed by atoms with Crippen LogP contribution in [0.2, 0.25) is 0 Å². The molecule has 96 valence electrons. The highest BCUT2D eigenvalue weighted by Crippen LogP contribution is 2.26. The normalized spacial score (nSPS) is 13.7. The minimum atomic E-state index is -1.76. The summed E-state index contributed by atoms with van der Waals surface area (Å²) in [6.45, 7) is 1.28. The molecular formula is C12H11ClO5. The fraction of sp³-hybridized carbons (Fsp3) is 0.250. The molecule has 1 rings (SSSR count). The summed E-state index contributed by atoms with van der Waals surface area (Å²) in [5.41, 5.74) is 0.438. The minimum absolute atomic E-state index is 0.00833. The van der Waals surface area contributed by atoms with Crippen molar-refractivity contribution in [2.24, 2.45) is 0 Å². The van der Waals surface area contributed by atoms with E-state index in [1.807, 2.05) is 0 Å². The molecule has 0 saturated carbocycles. The van der Waals surface area contributed by atoms with E-state index in [0.717, 1.165) is 0 Å². The van der Waals surface area contributed by atoms with E-state index in [2.05, 4.69) is 0 Å². The van der Waals surface area contributed by atoms with Gasteiger partial charge < -0.3 is 10.2 Å². The number of alkyl halides is 1. The monoisotopic (exact) mass is 270 g/mol. The number of carbonyl (C=O) groups is 3. The third-order valence-electron chi connectivity index (χ3n) is 2.34. The number of ketones is 1. The summed E-state index contributed by atoms with van der Waals surface area (Å²) in [5, 5.41) is 17.1. The highest BCUT2D eigenvalue weighted by molar-refractivity contribution is 6.30. The fourth-order valence-corrected chi connectivity index (χ4v) is 1.58. The lowest BCUT2D eigenvalue weighted by Crippen LogP contribution is -2.12. The van der Waals surface area contributed by atoms with Gasteiger partial charge in [-0.25, -0.2) is 4.79 Å². The van der Waals surface area contributed by atoms with Crippen LogP contribution < -0.4 is 0 Å². The van der Waals surface area contributed by atoms with E-state index in [9.17, 15) is 19.5 Å². The quantitative estimate of drug-likeness (QED) is 0.625. The smallest absolute Gasteiger partial charge is 0.337 e. The van der Waals surface area contributed by atoms with E-state index in [1.54, 1.807) is 0 Å². The number of rotatable bonds is 5.